The Labute approximate surface area is 85.5 Å². The minimum absolute atomic E-state index is 0.197. The molecule has 1 aromatic rings. The van der Waals surface area contributed by atoms with Crippen LogP contribution in [0.15, 0.2) is 28.7 Å². The molecule has 0 aromatic heterocycles. The number of benzene rings is 1. The zero-order chi connectivity index (χ0) is 9.26. The Morgan fingerprint density at radius 1 is 1.38 bits per heavy atom. The Kier molecular flexibility index (Phi) is 2.47. The van der Waals surface area contributed by atoms with Crippen LogP contribution in [0.2, 0.25) is 0 Å². The van der Waals surface area contributed by atoms with Crippen molar-refractivity contribution < 1.29 is 4.79 Å². The van der Waals surface area contributed by atoms with E-state index in [-0.39, 0.29) is 6.04 Å². The van der Waals surface area contributed by atoms with E-state index in [9.17, 15) is 4.79 Å². The number of nitrogens with one attached hydrogen (secondary N) is 1. The van der Waals surface area contributed by atoms with Crippen LogP contribution < -0.4 is 5.32 Å². The van der Waals surface area contributed by atoms with Gasteiger partial charge in [-0.25, -0.2) is 0 Å². The first-order valence-electron chi connectivity index (χ1n) is 4.27. The molecular weight excluding hydrogens is 230 g/mol. The van der Waals surface area contributed by atoms with Crippen LogP contribution in [0.5, 0.6) is 0 Å². The summed E-state index contributed by atoms with van der Waals surface area (Å²) >= 11 is 3.47. The molecule has 0 radical (unpaired) electrons. The predicted octanol–water partition coefficient (Wildman–Crippen LogP) is 2.05. The Morgan fingerprint density at radius 3 is 2.77 bits per heavy atom. The monoisotopic (exact) mass is 239 g/mol. The van der Waals surface area contributed by atoms with Crippen molar-refractivity contribution in [3.05, 3.63) is 34.3 Å². The van der Waals surface area contributed by atoms with Crippen LogP contribution in [0.1, 0.15) is 18.0 Å². The molecule has 13 heavy (non-hydrogen) atoms. The minimum Gasteiger partial charge on any atom is -0.303 e. The van der Waals surface area contributed by atoms with Crippen LogP contribution in [-0.2, 0) is 4.79 Å². The third-order valence-corrected chi connectivity index (χ3v) is 2.98. The van der Waals surface area contributed by atoms with Crippen LogP contribution in [0.25, 0.3) is 0 Å². The topological polar surface area (TPSA) is 29.1 Å². The van der Waals surface area contributed by atoms with Gasteiger partial charge in [0.25, 0.3) is 0 Å². The maximum Gasteiger partial charge on any atom is 0.148 e. The highest BCUT2D eigenvalue weighted by Crippen LogP contribution is 2.27. The van der Waals surface area contributed by atoms with Crippen LogP contribution >= 0.6 is 15.9 Å². The van der Waals surface area contributed by atoms with Gasteiger partial charge in [-0.1, -0.05) is 34.1 Å². The van der Waals surface area contributed by atoms with E-state index in [4.69, 9.17) is 0 Å². The van der Waals surface area contributed by atoms with Crippen LogP contribution in [0.3, 0.4) is 0 Å². The summed E-state index contributed by atoms with van der Waals surface area (Å²) in [6.45, 7) is 0.506. The first-order valence-corrected chi connectivity index (χ1v) is 5.06. The lowest BCUT2D eigenvalue weighted by Crippen LogP contribution is -2.13. The molecule has 1 aliphatic heterocycles. The van der Waals surface area contributed by atoms with E-state index in [0.717, 1.165) is 4.47 Å². The molecule has 0 bridgehead atoms. The summed E-state index contributed by atoms with van der Waals surface area (Å²) in [5, 5.41) is 3.18. The number of ketones is 1. The molecule has 1 aliphatic rings. The zero-order valence-electron chi connectivity index (χ0n) is 7.09. The maximum absolute atomic E-state index is 11.1. The average Bonchev–Trinajstić information content (AvgIpc) is 2.53. The number of halogens is 1. The van der Waals surface area contributed by atoms with Crippen molar-refractivity contribution in [2.45, 2.75) is 12.5 Å². The molecule has 68 valence electrons. The van der Waals surface area contributed by atoms with Crippen LogP contribution in [0, 0.1) is 0 Å². The summed E-state index contributed by atoms with van der Waals surface area (Å²) in [6, 6.07) is 8.21. The van der Waals surface area contributed by atoms with Crippen molar-refractivity contribution >= 4 is 21.7 Å². The van der Waals surface area contributed by atoms with Crippen molar-refractivity contribution in [3.8, 4) is 0 Å². The average molecular weight is 240 g/mol. The third-order valence-electron chi connectivity index (χ3n) is 2.26. The number of hydrogen-bond acceptors (Lipinski definition) is 2. The van der Waals surface area contributed by atoms with Gasteiger partial charge in [0.05, 0.1) is 6.54 Å². The third kappa shape index (κ3) is 1.81. The van der Waals surface area contributed by atoms with E-state index in [1.807, 2.05) is 24.3 Å². The van der Waals surface area contributed by atoms with Crippen LogP contribution in [-0.4, -0.2) is 12.3 Å². The molecule has 1 saturated heterocycles. The van der Waals surface area contributed by atoms with Crippen molar-refractivity contribution in [3.63, 3.8) is 0 Å². The lowest BCUT2D eigenvalue weighted by molar-refractivity contribution is -0.116. The smallest absolute Gasteiger partial charge is 0.148 e. The molecule has 1 N–H and O–H groups in total. The van der Waals surface area contributed by atoms with Gasteiger partial charge in [0, 0.05) is 16.9 Å². The second-order valence-corrected chi connectivity index (χ2v) is 4.05. The molecule has 3 heteroatoms. The second-order valence-electron chi connectivity index (χ2n) is 3.20. The molecule has 0 saturated carbocycles. The van der Waals surface area contributed by atoms with E-state index in [2.05, 4.69) is 21.2 Å². The van der Waals surface area contributed by atoms with E-state index in [1.54, 1.807) is 0 Å². The van der Waals surface area contributed by atoms with Gasteiger partial charge in [0.15, 0.2) is 0 Å². The highest BCUT2D eigenvalue weighted by Gasteiger charge is 2.23. The number of carbonyl (C=O) groups is 1. The molecular formula is C10H10BrNO. The van der Waals surface area contributed by atoms with E-state index >= 15 is 0 Å². The second kappa shape index (κ2) is 3.60. The van der Waals surface area contributed by atoms with Crippen LogP contribution in [0.4, 0.5) is 0 Å². The maximum atomic E-state index is 11.1. The van der Waals surface area contributed by atoms with Crippen molar-refractivity contribution in [1.29, 1.82) is 0 Å². The molecule has 1 unspecified atom stereocenters. The molecule has 0 spiro atoms. The SMILES string of the molecule is O=C1CNC(c2ccccc2Br)C1. The Morgan fingerprint density at radius 2 is 2.15 bits per heavy atom. The molecule has 1 aromatic carbocycles. The van der Waals surface area contributed by atoms with Gasteiger partial charge in [0.1, 0.15) is 5.78 Å². The molecule has 1 atom stereocenters. The lowest BCUT2D eigenvalue weighted by Gasteiger charge is -2.10. The minimum atomic E-state index is 0.197. The van der Waals surface area contributed by atoms with Gasteiger partial charge >= 0.3 is 0 Å². The van der Waals surface area contributed by atoms with Gasteiger partial charge in [-0.15, -0.1) is 0 Å². The fraction of sp³-hybridized carbons (Fsp3) is 0.300. The number of carbonyl (C=O) groups excluding carboxylic acids is 1. The van der Waals surface area contributed by atoms with Crippen molar-refractivity contribution in [1.82, 2.24) is 5.32 Å². The fourth-order valence-electron chi connectivity index (χ4n) is 1.59. The van der Waals surface area contributed by atoms with Gasteiger partial charge in [-0.05, 0) is 11.6 Å². The number of Topliss-reactive ketones (excluding diaryl/α,β-unsaturated/α-hetero) is 1. The molecule has 2 nitrogen and oxygen atoms in total. The summed E-state index contributed by atoms with van der Waals surface area (Å²) in [7, 11) is 0. The first kappa shape index (κ1) is 8.91. The summed E-state index contributed by atoms with van der Waals surface area (Å²) in [6.07, 6.45) is 0.614. The normalized spacial score (nSPS) is 22.2. The summed E-state index contributed by atoms with van der Waals surface area (Å²) in [4.78, 5) is 11.1. The number of hydrogen-bond donors (Lipinski definition) is 1. The van der Waals surface area contributed by atoms with Gasteiger partial charge in [-0.2, -0.15) is 0 Å². The van der Waals surface area contributed by atoms with E-state index in [1.165, 1.54) is 5.56 Å². The number of rotatable bonds is 1. The van der Waals surface area contributed by atoms with Crippen molar-refractivity contribution in [2.75, 3.05) is 6.54 Å². The quantitative estimate of drug-likeness (QED) is 0.813. The Bertz CT molecular complexity index is 337. The largest absolute Gasteiger partial charge is 0.303 e. The molecule has 0 aliphatic carbocycles. The van der Waals surface area contributed by atoms with E-state index in [0.29, 0.717) is 18.7 Å². The summed E-state index contributed by atoms with van der Waals surface area (Å²) < 4.78 is 1.07. The fourth-order valence-corrected chi connectivity index (χ4v) is 2.15. The standard InChI is InChI=1S/C10H10BrNO/c11-9-4-2-1-3-8(9)10-5-7(13)6-12-10/h1-4,10,12H,5-6H2. The lowest BCUT2D eigenvalue weighted by atomic mass is 10.1. The van der Waals surface area contributed by atoms with Gasteiger partial charge < -0.3 is 5.32 Å². The highest BCUT2D eigenvalue weighted by molar-refractivity contribution is 9.10. The Balaban J connectivity index is 2.26. The molecule has 1 heterocycles. The van der Waals surface area contributed by atoms with E-state index < -0.39 is 0 Å². The summed E-state index contributed by atoms with van der Waals surface area (Å²) in [5.74, 6) is 0.292. The zero-order valence-corrected chi connectivity index (χ0v) is 8.67. The van der Waals surface area contributed by atoms with Gasteiger partial charge in [0.2, 0.25) is 0 Å². The highest BCUT2D eigenvalue weighted by atomic mass is 79.9. The first-order chi connectivity index (χ1) is 6.27. The molecule has 1 fully saturated rings. The van der Waals surface area contributed by atoms with Crippen molar-refractivity contribution in [2.24, 2.45) is 0 Å². The Hall–Kier alpha value is -0.670. The predicted molar refractivity (Wildman–Crippen MR) is 54.5 cm³/mol. The van der Waals surface area contributed by atoms with Gasteiger partial charge in [-0.3, -0.25) is 4.79 Å². The molecule has 0 amide bonds. The summed E-state index contributed by atoms with van der Waals surface area (Å²) in [5.41, 5.74) is 1.17. The molecule has 2 rings (SSSR count).